The van der Waals surface area contributed by atoms with Gasteiger partial charge in [0.05, 0.1) is 16.9 Å². The summed E-state index contributed by atoms with van der Waals surface area (Å²) in [5, 5.41) is 13.6. The Morgan fingerprint density at radius 1 is 1.48 bits per heavy atom. The molecule has 0 spiro atoms. The van der Waals surface area contributed by atoms with E-state index in [-0.39, 0.29) is 36.3 Å². The fourth-order valence-corrected chi connectivity index (χ4v) is 1.76. The number of benzene rings is 1. The average molecular weight is 316 g/mol. The van der Waals surface area contributed by atoms with Crippen molar-refractivity contribution < 1.29 is 9.72 Å². The molecule has 0 aliphatic heterocycles. The van der Waals surface area contributed by atoms with Gasteiger partial charge in [-0.05, 0) is 18.4 Å². The molecule has 0 aliphatic rings. The van der Waals surface area contributed by atoms with Crippen LogP contribution in [0.5, 0.6) is 0 Å². The molecule has 0 radical (unpaired) electrons. The van der Waals surface area contributed by atoms with E-state index >= 15 is 0 Å². The predicted molar refractivity (Wildman–Crippen MR) is 84.5 cm³/mol. The largest absolute Gasteiger partial charge is 0.349 e. The van der Waals surface area contributed by atoms with Crippen LogP contribution >= 0.6 is 12.4 Å². The van der Waals surface area contributed by atoms with E-state index in [1.165, 1.54) is 12.1 Å². The molecule has 1 aromatic rings. The number of carbonyl (C=O) groups is 1. The Morgan fingerprint density at radius 2 is 2.10 bits per heavy atom. The number of nitrogens with two attached hydrogens (primary N) is 1. The number of hydrogen-bond donors (Lipinski definition) is 2. The summed E-state index contributed by atoms with van der Waals surface area (Å²) in [4.78, 5) is 22.3. The van der Waals surface area contributed by atoms with Gasteiger partial charge in [-0.2, -0.15) is 0 Å². The summed E-state index contributed by atoms with van der Waals surface area (Å²) in [6, 6.07) is 6.08. The quantitative estimate of drug-likeness (QED) is 0.620. The van der Waals surface area contributed by atoms with Crippen molar-refractivity contribution in [3.8, 4) is 0 Å². The van der Waals surface area contributed by atoms with Gasteiger partial charge in [-0.15, -0.1) is 12.4 Å². The van der Waals surface area contributed by atoms with E-state index in [2.05, 4.69) is 5.32 Å². The Kier molecular flexibility index (Phi) is 7.32. The second kappa shape index (κ2) is 7.95. The highest BCUT2D eigenvalue weighted by molar-refractivity contribution is 5.85. The molecular weight excluding hydrogens is 294 g/mol. The van der Waals surface area contributed by atoms with Gasteiger partial charge < -0.3 is 11.1 Å². The lowest BCUT2D eigenvalue weighted by atomic mass is 9.88. The maximum Gasteiger partial charge on any atom is 0.269 e. The smallest absolute Gasteiger partial charge is 0.269 e. The normalized spacial score (nSPS) is 13.2. The molecule has 1 amide bonds. The molecule has 1 aromatic carbocycles. The molecule has 0 heterocycles. The van der Waals surface area contributed by atoms with Crippen LogP contribution in [0.4, 0.5) is 5.69 Å². The summed E-state index contributed by atoms with van der Waals surface area (Å²) in [7, 11) is 0. The molecule has 6 nitrogen and oxygen atoms in total. The first-order valence-corrected chi connectivity index (χ1v) is 6.53. The molecule has 3 N–H and O–H groups in total. The fraction of sp³-hybridized carbons (Fsp3) is 0.500. The summed E-state index contributed by atoms with van der Waals surface area (Å²) in [5.41, 5.74) is 5.83. The van der Waals surface area contributed by atoms with Crippen LogP contribution in [0, 0.1) is 16.0 Å². The average Bonchev–Trinajstić information content (AvgIpc) is 2.38. The molecule has 0 saturated heterocycles. The van der Waals surface area contributed by atoms with E-state index in [4.69, 9.17) is 5.73 Å². The van der Waals surface area contributed by atoms with Crippen molar-refractivity contribution in [2.24, 2.45) is 11.7 Å². The fourth-order valence-electron chi connectivity index (χ4n) is 1.76. The zero-order valence-corrected chi connectivity index (χ0v) is 13.3. The molecule has 0 aliphatic carbocycles. The standard InChI is InChI=1S/C14H21N3O3.ClH/c1-10(2)14(3,9-15)16-13(18)8-11-5-4-6-12(7-11)17(19)20;/h4-7,10H,8-9,15H2,1-3H3,(H,16,18);1H. The first-order chi connectivity index (χ1) is 9.28. The number of rotatable bonds is 6. The van der Waals surface area contributed by atoms with Crippen LogP contribution in [0.25, 0.3) is 0 Å². The third-order valence-electron chi connectivity index (χ3n) is 3.61. The van der Waals surface area contributed by atoms with Gasteiger partial charge in [-0.25, -0.2) is 0 Å². The Morgan fingerprint density at radius 3 is 2.57 bits per heavy atom. The zero-order valence-electron chi connectivity index (χ0n) is 12.5. The van der Waals surface area contributed by atoms with Gasteiger partial charge in [-0.3, -0.25) is 14.9 Å². The Hall–Kier alpha value is -1.66. The van der Waals surface area contributed by atoms with Crippen LogP contribution in [0.1, 0.15) is 26.3 Å². The molecule has 1 unspecified atom stereocenters. The van der Waals surface area contributed by atoms with Gasteiger partial charge >= 0.3 is 0 Å². The van der Waals surface area contributed by atoms with Gasteiger partial charge in [0.1, 0.15) is 0 Å². The Bertz CT molecular complexity index is 508. The van der Waals surface area contributed by atoms with Gasteiger partial charge in [0.2, 0.25) is 5.91 Å². The molecule has 0 bridgehead atoms. The van der Waals surface area contributed by atoms with Gasteiger partial charge in [-0.1, -0.05) is 26.0 Å². The van der Waals surface area contributed by atoms with Crippen LogP contribution in [0.2, 0.25) is 0 Å². The Labute approximate surface area is 130 Å². The van der Waals surface area contributed by atoms with Crippen LogP contribution in [-0.2, 0) is 11.2 Å². The molecule has 7 heteroatoms. The summed E-state index contributed by atoms with van der Waals surface area (Å²) in [5.74, 6) is 0.00806. The first kappa shape index (κ1) is 19.3. The molecule has 21 heavy (non-hydrogen) atoms. The second-order valence-electron chi connectivity index (χ2n) is 5.43. The molecule has 0 fully saturated rings. The summed E-state index contributed by atoms with van der Waals surface area (Å²) in [6.07, 6.45) is 0.101. The first-order valence-electron chi connectivity index (χ1n) is 6.53. The predicted octanol–water partition coefficient (Wildman–Crippen LogP) is 2.05. The molecule has 0 aromatic heterocycles. The molecule has 118 valence electrons. The van der Waals surface area contributed by atoms with Crippen molar-refractivity contribution in [2.45, 2.75) is 32.7 Å². The van der Waals surface area contributed by atoms with E-state index < -0.39 is 10.5 Å². The van der Waals surface area contributed by atoms with Gasteiger partial charge in [0, 0.05) is 18.7 Å². The number of nitrogens with one attached hydrogen (secondary N) is 1. The SMILES string of the molecule is CC(C)C(C)(CN)NC(=O)Cc1cccc([N+](=O)[O-])c1.Cl. The van der Waals surface area contributed by atoms with Gasteiger partial charge in [0.25, 0.3) is 5.69 Å². The van der Waals surface area contributed by atoms with Crippen molar-refractivity contribution in [3.63, 3.8) is 0 Å². The van der Waals surface area contributed by atoms with Crippen LogP contribution in [0.15, 0.2) is 24.3 Å². The number of nitrogens with zero attached hydrogens (tertiary/aromatic N) is 1. The van der Waals surface area contributed by atoms with E-state index in [9.17, 15) is 14.9 Å². The van der Waals surface area contributed by atoms with E-state index in [1.54, 1.807) is 12.1 Å². The minimum absolute atomic E-state index is 0. The maximum absolute atomic E-state index is 12.0. The van der Waals surface area contributed by atoms with Crippen molar-refractivity contribution in [3.05, 3.63) is 39.9 Å². The topological polar surface area (TPSA) is 98.3 Å². The number of non-ortho nitro benzene ring substituents is 1. The number of nitro groups is 1. The number of hydrogen-bond acceptors (Lipinski definition) is 4. The highest BCUT2D eigenvalue weighted by Gasteiger charge is 2.28. The minimum Gasteiger partial charge on any atom is -0.349 e. The molecule has 1 rings (SSSR count). The number of halogens is 1. The lowest BCUT2D eigenvalue weighted by Gasteiger charge is -2.33. The maximum atomic E-state index is 12.0. The van der Waals surface area contributed by atoms with E-state index in [0.29, 0.717) is 12.1 Å². The lowest BCUT2D eigenvalue weighted by molar-refractivity contribution is -0.384. The molecular formula is C14H22ClN3O3. The van der Waals surface area contributed by atoms with E-state index in [0.717, 1.165) is 0 Å². The van der Waals surface area contributed by atoms with Crippen LogP contribution in [-0.4, -0.2) is 22.9 Å². The lowest BCUT2D eigenvalue weighted by Crippen LogP contribution is -2.55. The monoisotopic (exact) mass is 315 g/mol. The third kappa shape index (κ3) is 5.32. The highest BCUT2D eigenvalue weighted by atomic mass is 35.5. The van der Waals surface area contributed by atoms with Crippen molar-refractivity contribution >= 4 is 24.0 Å². The van der Waals surface area contributed by atoms with Crippen LogP contribution < -0.4 is 11.1 Å². The zero-order chi connectivity index (χ0) is 15.3. The molecule has 0 saturated carbocycles. The second-order valence-corrected chi connectivity index (χ2v) is 5.43. The molecule has 1 atom stereocenters. The van der Waals surface area contributed by atoms with Crippen molar-refractivity contribution in [1.82, 2.24) is 5.32 Å². The minimum atomic E-state index is -0.474. The van der Waals surface area contributed by atoms with E-state index in [1.807, 2.05) is 20.8 Å². The third-order valence-corrected chi connectivity index (χ3v) is 3.61. The number of carbonyl (C=O) groups excluding carboxylic acids is 1. The number of amides is 1. The summed E-state index contributed by atoms with van der Waals surface area (Å²) >= 11 is 0. The van der Waals surface area contributed by atoms with Gasteiger partial charge in [0.15, 0.2) is 0 Å². The van der Waals surface area contributed by atoms with Crippen molar-refractivity contribution in [1.29, 1.82) is 0 Å². The summed E-state index contributed by atoms with van der Waals surface area (Å²) in [6.45, 7) is 6.20. The Balaban J connectivity index is 0.00000400. The number of nitro benzene ring substituents is 1. The van der Waals surface area contributed by atoms with Crippen molar-refractivity contribution in [2.75, 3.05) is 6.54 Å². The summed E-state index contributed by atoms with van der Waals surface area (Å²) < 4.78 is 0. The highest BCUT2D eigenvalue weighted by Crippen LogP contribution is 2.16. The van der Waals surface area contributed by atoms with Crippen LogP contribution in [0.3, 0.4) is 0 Å².